The predicted octanol–water partition coefficient (Wildman–Crippen LogP) is 2.81. The molecule has 0 aliphatic rings. The van der Waals surface area contributed by atoms with Crippen molar-refractivity contribution in [3.05, 3.63) is 41.9 Å². The van der Waals surface area contributed by atoms with Gasteiger partial charge in [0.15, 0.2) is 0 Å². The molecule has 0 bridgehead atoms. The van der Waals surface area contributed by atoms with Crippen LogP contribution < -0.4 is 5.73 Å². The molecule has 0 spiro atoms. The van der Waals surface area contributed by atoms with Gasteiger partial charge in [0, 0.05) is 18.4 Å². The number of benzene rings is 1. The summed E-state index contributed by atoms with van der Waals surface area (Å²) in [5.41, 5.74) is 6.79. The molecule has 4 heteroatoms. The Bertz CT molecular complexity index is 494. The highest BCUT2D eigenvalue weighted by molar-refractivity contribution is 5.72. The number of hydrogen-bond donors (Lipinski definition) is 1. The van der Waals surface area contributed by atoms with E-state index in [-0.39, 0.29) is 5.82 Å². The third-order valence-electron chi connectivity index (χ3n) is 2.23. The number of methoxy groups -OCH3 is 1. The van der Waals surface area contributed by atoms with Crippen LogP contribution in [0.1, 0.15) is 5.76 Å². The van der Waals surface area contributed by atoms with Gasteiger partial charge in [-0.05, 0) is 30.3 Å². The minimum absolute atomic E-state index is 0.339. The molecule has 0 radical (unpaired) electrons. The summed E-state index contributed by atoms with van der Waals surface area (Å²) in [6.07, 6.45) is 0. The Hall–Kier alpha value is -1.81. The van der Waals surface area contributed by atoms with Gasteiger partial charge in [0.05, 0.1) is 0 Å². The molecule has 2 N–H and O–H groups in total. The van der Waals surface area contributed by atoms with Crippen LogP contribution in [-0.4, -0.2) is 7.11 Å². The minimum Gasteiger partial charge on any atom is -0.459 e. The van der Waals surface area contributed by atoms with Gasteiger partial charge in [0.1, 0.15) is 23.9 Å². The fourth-order valence-corrected chi connectivity index (χ4v) is 1.48. The zero-order valence-electron chi connectivity index (χ0n) is 8.87. The van der Waals surface area contributed by atoms with Crippen LogP contribution in [0.25, 0.3) is 11.3 Å². The number of hydrogen-bond acceptors (Lipinski definition) is 3. The van der Waals surface area contributed by atoms with Crippen LogP contribution in [0.5, 0.6) is 0 Å². The predicted molar refractivity (Wildman–Crippen MR) is 59.2 cm³/mol. The minimum atomic E-state index is -0.339. The van der Waals surface area contributed by atoms with E-state index in [9.17, 15) is 4.39 Å². The van der Waals surface area contributed by atoms with Gasteiger partial charge in [-0.15, -0.1) is 0 Å². The second-order valence-corrected chi connectivity index (χ2v) is 3.43. The first-order valence-electron chi connectivity index (χ1n) is 4.84. The van der Waals surface area contributed by atoms with E-state index in [1.54, 1.807) is 19.2 Å². The Labute approximate surface area is 92.6 Å². The van der Waals surface area contributed by atoms with Crippen molar-refractivity contribution in [2.24, 2.45) is 0 Å². The maximum absolute atomic E-state index is 13.1. The van der Waals surface area contributed by atoms with Crippen molar-refractivity contribution in [2.45, 2.75) is 6.61 Å². The summed E-state index contributed by atoms with van der Waals surface area (Å²) in [7, 11) is 1.58. The molecule has 0 amide bonds. The highest BCUT2D eigenvalue weighted by Gasteiger charge is 2.09. The lowest BCUT2D eigenvalue weighted by molar-refractivity contribution is 0.165. The van der Waals surface area contributed by atoms with E-state index in [0.29, 0.717) is 29.4 Å². The SMILES string of the molecule is COCc1ccc(-c2cc(F)ccc2N)o1. The first-order chi connectivity index (χ1) is 7.70. The zero-order chi connectivity index (χ0) is 11.5. The van der Waals surface area contributed by atoms with E-state index in [1.807, 2.05) is 0 Å². The number of furan rings is 1. The average molecular weight is 221 g/mol. The zero-order valence-corrected chi connectivity index (χ0v) is 8.87. The number of anilines is 1. The molecule has 2 aromatic rings. The Morgan fingerprint density at radius 1 is 1.31 bits per heavy atom. The summed E-state index contributed by atoms with van der Waals surface area (Å²) in [5.74, 6) is 0.888. The van der Waals surface area contributed by atoms with Crippen LogP contribution in [0.3, 0.4) is 0 Å². The maximum Gasteiger partial charge on any atom is 0.136 e. The molecule has 1 aromatic heterocycles. The average Bonchev–Trinajstić information content (AvgIpc) is 2.71. The summed E-state index contributed by atoms with van der Waals surface area (Å²) >= 11 is 0. The molecule has 1 aromatic carbocycles. The second kappa shape index (κ2) is 4.37. The third kappa shape index (κ3) is 2.06. The first kappa shape index (κ1) is 10.7. The summed E-state index contributed by atoms with van der Waals surface area (Å²) in [6.45, 7) is 0.384. The van der Waals surface area contributed by atoms with E-state index >= 15 is 0 Å². The lowest BCUT2D eigenvalue weighted by Gasteiger charge is -2.02. The van der Waals surface area contributed by atoms with Crippen molar-refractivity contribution in [3.8, 4) is 11.3 Å². The van der Waals surface area contributed by atoms with Gasteiger partial charge in [-0.25, -0.2) is 4.39 Å². The normalized spacial score (nSPS) is 10.6. The topological polar surface area (TPSA) is 48.4 Å². The van der Waals surface area contributed by atoms with Crippen molar-refractivity contribution in [1.29, 1.82) is 0 Å². The molecule has 0 fully saturated rings. The standard InChI is InChI=1S/C12H12FNO2/c1-15-7-9-3-5-12(16-9)10-6-8(13)2-4-11(10)14/h2-6H,7,14H2,1H3. The smallest absolute Gasteiger partial charge is 0.136 e. The van der Waals surface area contributed by atoms with Gasteiger partial charge in [-0.2, -0.15) is 0 Å². The fraction of sp³-hybridized carbons (Fsp3) is 0.167. The number of ether oxygens (including phenoxy) is 1. The van der Waals surface area contributed by atoms with Crippen LogP contribution in [0, 0.1) is 5.82 Å². The van der Waals surface area contributed by atoms with Crippen molar-refractivity contribution < 1.29 is 13.5 Å². The van der Waals surface area contributed by atoms with Crippen molar-refractivity contribution >= 4 is 5.69 Å². The van der Waals surface area contributed by atoms with Gasteiger partial charge < -0.3 is 14.9 Å². The van der Waals surface area contributed by atoms with E-state index < -0.39 is 0 Å². The highest BCUT2D eigenvalue weighted by Crippen LogP contribution is 2.28. The fourth-order valence-electron chi connectivity index (χ4n) is 1.48. The molecule has 0 saturated heterocycles. The highest BCUT2D eigenvalue weighted by atomic mass is 19.1. The van der Waals surface area contributed by atoms with Crippen LogP contribution in [0.2, 0.25) is 0 Å². The Balaban J connectivity index is 2.38. The van der Waals surface area contributed by atoms with E-state index in [2.05, 4.69) is 0 Å². The molecule has 1 heterocycles. The summed E-state index contributed by atoms with van der Waals surface area (Å²) in [5, 5.41) is 0. The first-order valence-corrected chi connectivity index (χ1v) is 4.84. The number of rotatable bonds is 3. The summed E-state index contributed by atoms with van der Waals surface area (Å²) in [4.78, 5) is 0. The Kier molecular flexibility index (Phi) is 2.92. The van der Waals surface area contributed by atoms with Crippen LogP contribution in [-0.2, 0) is 11.3 Å². The summed E-state index contributed by atoms with van der Waals surface area (Å²) in [6, 6.07) is 7.72. The molecular formula is C12H12FNO2. The Morgan fingerprint density at radius 3 is 2.88 bits per heavy atom. The van der Waals surface area contributed by atoms with Crippen LogP contribution in [0.15, 0.2) is 34.7 Å². The molecule has 2 rings (SSSR count). The Morgan fingerprint density at radius 2 is 2.12 bits per heavy atom. The van der Waals surface area contributed by atoms with Crippen molar-refractivity contribution in [3.63, 3.8) is 0 Å². The van der Waals surface area contributed by atoms with E-state index in [1.165, 1.54) is 18.2 Å². The third-order valence-corrected chi connectivity index (χ3v) is 2.23. The number of halogens is 1. The molecule has 0 saturated carbocycles. The van der Waals surface area contributed by atoms with Gasteiger partial charge in [-0.3, -0.25) is 0 Å². The van der Waals surface area contributed by atoms with Gasteiger partial charge in [-0.1, -0.05) is 0 Å². The molecule has 16 heavy (non-hydrogen) atoms. The molecule has 84 valence electrons. The van der Waals surface area contributed by atoms with E-state index in [4.69, 9.17) is 14.9 Å². The van der Waals surface area contributed by atoms with Gasteiger partial charge >= 0.3 is 0 Å². The lowest BCUT2D eigenvalue weighted by Crippen LogP contribution is -1.90. The molecule has 0 aliphatic heterocycles. The van der Waals surface area contributed by atoms with Gasteiger partial charge in [0.25, 0.3) is 0 Å². The van der Waals surface area contributed by atoms with Crippen LogP contribution in [0.4, 0.5) is 10.1 Å². The molecule has 3 nitrogen and oxygen atoms in total. The molecule has 0 atom stereocenters. The van der Waals surface area contributed by atoms with E-state index in [0.717, 1.165) is 0 Å². The molecule has 0 aliphatic carbocycles. The monoisotopic (exact) mass is 221 g/mol. The second-order valence-electron chi connectivity index (χ2n) is 3.43. The van der Waals surface area contributed by atoms with Crippen molar-refractivity contribution in [1.82, 2.24) is 0 Å². The molecule has 0 unspecified atom stereocenters. The maximum atomic E-state index is 13.1. The largest absolute Gasteiger partial charge is 0.459 e. The number of nitrogen functional groups attached to an aromatic ring is 1. The molecular weight excluding hydrogens is 209 g/mol. The quantitative estimate of drug-likeness (QED) is 0.811. The van der Waals surface area contributed by atoms with Crippen molar-refractivity contribution in [2.75, 3.05) is 12.8 Å². The summed E-state index contributed by atoms with van der Waals surface area (Å²) < 4.78 is 23.5. The van der Waals surface area contributed by atoms with Gasteiger partial charge in [0.2, 0.25) is 0 Å². The van der Waals surface area contributed by atoms with Crippen LogP contribution >= 0.6 is 0 Å². The number of nitrogens with two attached hydrogens (primary N) is 1. The lowest BCUT2D eigenvalue weighted by atomic mass is 10.1.